The van der Waals surface area contributed by atoms with Crippen LogP contribution in [0.5, 0.6) is 0 Å². The van der Waals surface area contributed by atoms with Gasteiger partial charge in [0.2, 0.25) is 5.91 Å². The molecule has 0 spiro atoms. The van der Waals surface area contributed by atoms with E-state index in [2.05, 4.69) is 19.2 Å². The van der Waals surface area contributed by atoms with Crippen LogP contribution in [0.2, 0.25) is 0 Å². The Morgan fingerprint density at radius 2 is 0.689 bits per heavy atom. The van der Waals surface area contributed by atoms with Crippen molar-refractivity contribution in [2.24, 2.45) is 0 Å². The Morgan fingerprint density at radius 3 is 1.02 bits per heavy atom. The number of aliphatic hydroxyl groups is 8. The number of aliphatic hydroxyl groups excluding tert-OH is 8. The topological polar surface area (TPSA) is 228 Å². The summed E-state index contributed by atoms with van der Waals surface area (Å²) in [5.74, 6) is -0.229. The van der Waals surface area contributed by atoms with Crippen LogP contribution in [0.25, 0.3) is 0 Å². The minimum Gasteiger partial charge on any atom is -0.394 e. The first-order valence-corrected chi connectivity index (χ1v) is 38.9. The number of amides is 1. The number of carbonyl (C=O) groups excluding carboxylic acids is 1. The molecule has 0 aromatic heterocycles. The zero-order valence-corrected chi connectivity index (χ0v) is 58.4. The molecule has 0 aromatic carbocycles. The largest absolute Gasteiger partial charge is 0.394 e. The van der Waals surface area contributed by atoms with Crippen molar-refractivity contribution in [3.63, 3.8) is 0 Å². The summed E-state index contributed by atoms with van der Waals surface area (Å²) >= 11 is 0. The van der Waals surface area contributed by atoms with Crippen molar-refractivity contribution in [2.75, 3.05) is 19.8 Å². The molecule has 0 radical (unpaired) electrons. The second-order valence-corrected chi connectivity index (χ2v) is 27.9. The summed E-state index contributed by atoms with van der Waals surface area (Å²) in [5.41, 5.74) is 0. The van der Waals surface area contributed by atoms with Gasteiger partial charge in [-0.3, -0.25) is 4.79 Å². The van der Waals surface area contributed by atoms with Crippen LogP contribution in [0.3, 0.4) is 0 Å². The van der Waals surface area contributed by atoms with Gasteiger partial charge in [0.1, 0.15) is 48.8 Å². The molecule has 14 heteroatoms. The van der Waals surface area contributed by atoms with Crippen molar-refractivity contribution >= 4 is 5.91 Å². The Balaban J connectivity index is 1.63. The van der Waals surface area contributed by atoms with E-state index in [9.17, 15) is 45.6 Å². The van der Waals surface area contributed by atoms with Gasteiger partial charge in [0.25, 0.3) is 0 Å². The number of hydrogen-bond donors (Lipinski definition) is 9. The summed E-state index contributed by atoms with van der Waals surface area (Å²) in [6.07, 6.45) is 60.0. The summed E-state index contributed by atoms with van der Waals surface area (Å²) in [6, 6.07) is -0.912. The van der Waals surface area contributed by atoms with Crippen LogP contribution in [0, 0.1) is 0 Å². The molecule has 9 N–H and O–H groups in total. The molecule has 2 aliphatic rings. The average molecular weight is 1280 g/mol. The number of allylic oxidation sites excluding steroid dienone is 1. The fourth-order valence-electron chi connectivity index (χ4n) is 13.3. The normalized spacial score (nSPS) is 22.9. The third-order valence-electron chi connectivity index (χ3n) is 19.5. The predicted octanol–water partition coefficient (Wildman–Crippen LogP) is 16.9. The molecule has 2 heterocycles. The van der Waals surface area contributed by atoms with E-state index in [1.165, 1.54) is 308 Å². The Labute approximate surface area is 552 Å². The minimum absolute atomic E-state index is 0.229. The van der Waals surface area contributed by atoms with E-state index in [4.69, 9.17) is 18.9 Å². The van der Waals surface area contributed by atoms with Crippen LogP contribution in [0.1, 0.15) is 373 Å². The first kappa shape index (κ1) is 84.8. The van der Waals surface area contributed by atoms with Crippen molar-refractivity contribution in [3.8, 4) is 0 Å². The fourth-order valence-corrected chi connectivity index (χ4v) is 13.3. The van der Waals surface area contributed by atoms with Gasteiger partial charge in [-0.15, -0.1) is 0 Å². The lowest BCUT2D eigenvalue weighted by Crippen LogP contribution is -2.65. The molecule has 12 unspecified atom stereocenters. The zero-order valence-electron chi connectivity index (χ0n) is 58.4. The van der Waals surface area contributed by atoms with Crippen molar-refractivity contribution < 1.29 is 64.6 Å². The monoisotopic (exact) mass is 1280 g/mol. The highest BCUT2D eigenvalue weighted by molar-refractivity contribution is 5.76. The van der Waals surface area contributed by atoms with E-state index in [0.29, 0.717) is 0 Å². The Bertz CT molecular complexity index is 1560. The summed E-state index contributed by atoms with van der Waals surface area (Å²) in [4.78, 5) is 13.4. The molecule has 14 nitrogen and oxygen atoms in total. The lowest BCUT2D eigenvalue weighted by Gasteiger charge is -2.46. The van der Waals surface area contributed by atoms with Gasteiger partial charge in [-0.05, 0) is 19.3 Å². The molecule has 0 aliphatic carbocycles. The first-order chi connectivity index (χ1) is 44.1. The molecule has 90 heavy (non-hydrogen) atoms. The van der Waals surface area contributed by atoms with Crippen LogP contribution in [0.4, 0.5) is 0 Å². The van der Waals surface area contributed by atoms with E-state index in [1.807, 2.05) is 6.08 Å². The van der Waals surface area contributed by atoms with E-state index < -0.39 is 86.8 Å². The summed E-state index contributed by atoms with van der Waals surface area (Å²) in [5, 5.41) is 87.6. The number of carbonyl (C=O) groups is 1. The molecular weight excluding hydrogens is 1130 g/mol. The molecule has 12 atom stereocenters. The van der Waals surface area contributed by atoms with Crippen LogP contribution < -0.4 is 5.32 Å². The second kappa shape index (κ2) is 61.3. The highest BCUT2D eigenvalue weighted by atomic mass is 16.7. The molecule has 0 saturated carbocycles. The standard InChI is InChI=1S/C76H147NO13/c1-3-5-7-9-11-13-15-17-19-21-23-25-27-29-30-31-32-33-34-35-36-37-39-41-43-45-47-49-51-53-55-57-59-65(80)64(63-87-75-73(86)71(84)74(67(62-79)89-75)90-76-72(85)70(83)69(82)66(61-78)88-76)77-68(81)60-58-56-54-52-50-48-46-44-42-40-38-28-26-24-22-20-18-16-14-12-10-8-6-4-2/h57,59,64-67,69-76,78-80,82-86H,3-56,58,60-63H2,1-2H3,(H,77,81)/b59-57+. The molecule has 0 aromatic rings. The van der Waals surface area contributed by atoms with Crippen LogP contribution in [-0.2, 0) is 23.7 Å². The van der Waals surface area contributed by atoms with Crippen LogP contribution >= 0.6 is 0 Å². The predicted molar refractivity (Wildman–Crippen MR) is 369 cm³/mol. The van der Waals surface area contributed by atoms with Crippen LogP contribution in [-0.4, -0.2) is 140 Å². The zero-order chi connectivity index (χ0) is 65.2. The number of rotatable bonds is 66. The van der Waals surface area contributed by atoms with Gasteiger partial charge in [-0.2, -0.15) is 0 Å². The Kier molecular flexibility index (Phi) is 57.8. The van der Waals surface area contributed by atoms with Crippen molar-refractivity contribution in [1.82, 2.24) is 5.32 Å². The van der Waals surface area contributed by atoms with E-state index in [0.717, 1.165) is 44.9 Å². The summed E-state index contributed by atoms with van der Waals surface area (Å²) in [6.45, 7) is 2.88. The molecular formula is C76H147NO13. The molecule has 534 valence electrons. The molecule has 2 saturated heterocycles. The number of nitrogens with one attached hydrogen (secondary N) is 1. The smallest absolute Gasteiger partial charge is 0.220 e. The van der Waals surface area contributed by atoms with E-state index in [-0.39, 0.29) is 18.9 Å². The average Bonchev–Trinajstić information content (AvgIpc) is 3.69. The third-order valence-corrected chi connectivity index (χ3v) is 19.5. The molecule has 0 bridgehead atoms. The van der Waals surface area contributed by atoms with Crippen molar-refractivity contribution in [2.45, 2.75) is 447 Å². The summed E-state index contributed by atoms with van der Waals surface area (Å²) in [7, 11) is 0. The minimum atomic E-state index is -1.79. The van der Waals surface area contributed by atoms with Crippen LogP contribution in [0.15, 0.2) is 12.2 Å². The maximum atomic E-state index is 13.4. The second-order valence-electron chi connectivity index (χ2n) is 27.9. The highest BCUT2D eigenvalue weighted by Crippen LogP contribution is 2.30. The first-order valence-electron chi connectivity index (χ1n) is 38.9. The highest BCUT2D eigenvalue weighted by Gasteiger charge is 2.51. The number of hydrogen-bond acceptors (Lipinski definition) is 13. The Hall–Kier alpha value is -1.27. The molecule has 2 rings (SSSR count). The van der Waals surface area contributed by atoms with Gasteiger partial charge in [-0.25, -0.2) is 0 Å². The van der Waals surface area contributed by atoms with Crippen molar-refractivity contribution in [3.05, 3.63) is 12.2 Å². The van der Waals surface area contributed by atoms with Gasteiger partial charge in [0.05, 0.1) is 32.0 Å². The quantitative estimate of drug-likeness (QED) is 0.0204. The van der Waals surface area contributed by atoms with E-state index >= 15 is 0 Å². The Morgan fingerprint density at radius 1 is 0.389 bits per heavy atom. The van der Waals surface area contributed by atoms with E-state index in [1.54, 1.807) is 6.08 Å². The van der Waals surface area contributed by atoms with Gasteiger partial charge in [0.15, 0.2) is 12.6 Å². The fraction of sp³-hybridized carbons (Fsp3) is 0.961. The lowest BCUT2D eigenvalue weighted by atomic mass is 9.97. The molecule has 1 amide bonds. The van der Waals surface area contributed by atoms with Gasteiger partial charge in [0, 0.05) is 6.42 Å². The SMILES string of the molecule is CCCCCCCCCCCCCCCCCCCCCCCCCCCCCCCC/C=C/C(O)C(COC1OC(CO)C(OC2OC(CO)C(O)C(O)C2O)C(O)C1O)NC(=O)CCCCCCCCCCCCCCCCCCCCCCCCCC. The van der Waals surface area contributed by atoms with Gasteiger partial charge in [-0.1, -0.05) is 360 Å². The van der Waals surface area contributed by atoms with Gasteiger partial charge >= 0.3 is 0 Å². The van der Waals surface area contributed by atoms with Crippen molar-refractivity contribution in [1.29, 1.82) is 0 Å². The maximum absolute atomic E-state index is 13.4. The molecule has 2 aliphatic heterocycles. The lowest BCUT2D eigenvalue weighted by molar-refractivity contribution is -0.359. The maximum Gasteiger partial charge on any atom is 0.220 e. The molecule has 2 fully saturated rings. The summed E-state index contributed by atoms with van der Waals surface area (Å²) < 4.78 is 22.9. The number of unbranched alkanes of at least 4 members (excludes halogenated alkanes) is 53. The van der Waals surface area contributed by atoms with Gasteiger partial charge < -0.3 is 65.1 Å². The number of ether oxygens (including phenoxy) is 4. The third kappa shape index (κ3) is 44.5.